The van der Waals surface area contributed by atoms with E-state index in [0.717, 1.165) is 23.2 Å². The number of fused-ring (bicyclic) bond motifs is 1. The Bertz CT molecular complexity index is 476. The van der Waals surface area contributed by atoms with E-state index in [2.05, 4.69) is 51.5 Å². The van der Waals surface area contributed by atoms with Gasteiger partial charge in [0, 0.05) is 11.9 Å². The lowest BCUT2D eigenvalue weighted by Gasteiger charge is -2.01. The molecule has 3 nitrogen and oxygen atoms in total. The SMILES string of the molecule is CNCCn1nc2c(C)cccc2c1Br. The number of benzene rings is 1. The molecule has 0 aliphatic rings. The van der Waals surface area contributed by atoms with Gasteiger partial charge in [-0.3, -0.25) is 4.68 Å². The molecule has 0 aliphatic carbocycles. The van der Waals surface area contributed by atoms with Gasteiger partial charge in [-0.05, 0) is 35.5 Å². The maximum absolute atomic E-state index is 4.58. The van der Waals surface area contributed by atoms with Crippen LogP contribution < -0.4 is 5.32 Å². The van der Waals surface area contributed by atoms with E-state index in [-0.39, 0.29) is 0 Å². The van der Waals surface area contributed by atoms with Gasteiger partial charge in [0.2, 0.25) is 0 Å². The molecule has 0 saturated heterocycles. The Kier molecular flexibility index (Phi) is 3.07. The van der Waals surface area contributed by atoms with Crippen LogP contribution in [0.1, 0.15) is 5.56 Å². The lowest BCUT2D eigenvalue weighted by atomic mass is 10.2. The summed E-state index contributed by atoms with van der Waals surface area (Å²) < 4.78 is 3.06. The molecule has 15 heavy (non-hydrogen) atoms. The Morgan fingerprint density at radius 2 is 2.27 bits per heavy atom. The maximum Gasteiger partial charge on any atom is 0.112 e. The van der Waals surface area contributed by atoms with Crippen LogP contribution in [0.15, 0.2) is 22.8 Å². The fraction of sp³-hybridized carbons (Fsp3) is 0.364. The van der Waals surface area contributed by atoms with E-state index in [1.165, 1.54) is 10.9 Å². The average molecular weight is 268 g/mol. The van der Waals surface area contributed by atoms with Gasteiger partial charge in [-0.1, -0.05) is 18.2 Å². The predicted molar refractivity (Wildman–Crippen MR) is 66.1 cm³/mol. The summed E-state index contributed by atoms with van der Waals surface area (Å²) in [4.78, 5) is 0. The second-order valence-corrected chi connectivity index (χ2v) is 4.34. The van der Waals surface area contributed by atoms with Gasteiger partial charge in [-0.2, -0.15) is 5.10 Å². The minimum absolute atomic E-state index is 0.880. The fourth-order valence-electron chi connectivity index (χ4n) is 1.63. The van der Waals surface area contributed by atoms with Gasteiger partial charge in [0.05, 0.1) is 12.1 Å². The molecule has 0 fully saturated rings. The van der Waals surface area contributed by atoms with E-state index in [1.807, 2.05) is 11.7 Å². The molecule has 1 heterocycles. The van der Waals surface area contributed by atoms with Crippen LogP contribution in [0.5, 0.6) is 0 Å². The monoisotopic (exact) mass is 267 g/mol. The number of nitrogens with zero attached hydrogens (tertiary/aromatic N) is 2. The van der Waals surface area contributed by atoms with Crippen molar-refractivity contribution in [1.29, 1.82) is 0 Å². The van der Waals surface area contributed by atoms with Crippen LogP contribution in [0.25, 0.3) is 10.9 Å². The summed E-state index contributed by atoms with van der Waals surface area (Å²) in [5, 5.41) is 8.89. The zero-order valence-electron chi connectivity index (χ0n) is 8.92. The van der Waals surface area contributed by atoms with Crippen molar-refractivity contribution < 1.29 is 0 Å². The van der Waals surface area contributed by atoms with Gasteiger partial charge < -0.3 is 5.32 Å². The van der Waals surface area contributed by atoms with Crippen molar-refractivity contribution in [3.63, 3.8) is 0 Å². The molecular formula is C11H14BrN3. The summed E-state index contributed by atoms with van der Waals surface area (Å²) in [5.74, 6) is 0. The summed E-state index contributed by atoms with van der Waals surface area (Å²) in [6.07, 6.45) is 0. The Morgan fingerprint density at radius 1 is 1.47 bits per heavy atom. The summed E-state index contributed by atoms with van der Waals surface area (Å²) in [5.41, 5.74) is 2.30. The van der Waals surface area contributed by atoms with Gasteiger partial charge in [0.25, 0.3) is 0 Å². The molecule has 0 saturated carbocycles. The first-order valence-electron chi connectivity index (χ1n) is 5.00. The van der Waals surface area contributed by atoms with Crippen LogP contribution >= 0.6 is 15.9 Å². The highest BCUT2D eigenvalue weighted by Crippen LogP contribution is 2.25. The number of aryl methyl sites for hydroxylation is 1. The molecule has 0 aliphatic heterocycles. The Balaban J connectivity index is 2.49. The summed E-state index contributed by atoms with van der Waals surface area (Å²) in [6.45, 7) is 3.89. The average Bonchev–Trinajstić information content (AvgIpc) is 2.55. The molecule has 0 spiro atoms. The number of rotatable bonds is 3. The summed E-state index contributed by atoms with van der Waals surface area (Å²) >= 11 is 3.59. The van der Waals surface area contributed by atoms with Crippen LogP contribution in [-0.2, 0) is 6.54 Å². The van der Waals surface area contributed by atoms with E-state index in [9.17, 15) is 0 Å². The van der Waals surface area contributed by atoms with Crippen molar-refractivity contribution in [2.24, 2.45) is 0 Å². The predicted octanol–water partition coefficient (Wildman–Crippen LogP) is 2.33. The molecule has 2 aromatic rings. The smallest absolute Gasteiger partial charge is 0.112 e. The van der Waals surface area contributed by atoms with Gasteiger partial charge in [0.15, 0.2) is 0 Å². The quantitative estimate of drug-likeness (QED) is 0.925. The zero-order chi connectivity index (χ0) is 10.8. The Morgan fingerprint density at radius 3 is 2.93 bits per heavy atom. The van der Waals surface area contributed by atoms with E-state index in [0.29, 0.717) is 0 Å². The van der Waals surface area contributed by atoms with Crippen LogP contribution in [0.4, 0.5) is 0 Å². The first-order valence-corrected chi connectivity index (χ1v) is 5.79. The molecule has 0 unspecified atom stereocenters. The van der Waals surface area contributed by atoms with Crippen LogP contribution in [0.2, 0.25) is 0 Å². The van der Waals surface area contributed by atoms with Gasteiger partial charge >= 0.3 is 0 Å². The topological polar surface area (TPSA) is 29.9 Å². The summed E-state index contributed by atoms with van der Waals surface area (Å²) in [7, 11) is 1.95. The molecular weight excluding hydrogens is 254 g/mol. The largest absolute Gasteiger partial charge is 0.318 e. The van der Waals surface area contributed by atoms with Crippen molar-refractivity contribution in [2.75, 3.05) is 13.6 Å². The highest BCUT2D eigenvalue weighted by Gasteiger charge is 2.09. The molecule has 0 bridgehead atoms. The van der Waals surface area contributed by atoms with Crippen molar-refractivity contribution in [1.82, 2.24) is 15.1 Å². The fourth-order valence-corrected chi connectivity index (χ4v) is 2.20. The normalized spacial score (nSPS) is 11.1. The maximum atomic E-state index is 4.58. The first-order chi connectivity index (χ1) is 7.24. The number of nitrogens with one attached hydrogen (secondary N) is 1. The first kappa shape index (κ1) is 10.6. The highest BCUT2D eigenvalue weighted by molar-refractivity contribution is 9.10. The van der Waals surface area contributed by atoms with E-state index >= 15 is 0 Å². The zero-order valence-corrected chi connectivity index (χ0v) is 10.5. The second kappa shape index (κ2) is 4.33. The number of hydrogen-bond donors (Lipinski definition) is 1. The number of halogens is 1. The number of hydrogen-bond acceptors (Lipinski definition) is 2. The number of likely N-dealkylation sites (N-methyl/N-ethyl adjacent to an activating group) is 1. The van der Waals surface area contributed by atoms with Crippen molar-refractivity contribution in [2.45, 2.75) is 13.5 Å². The molecule has 80 valence electrons. The minimum Gasteiger partial charge on any atom is -0.318 e. The van der Waals surface area contributed by atoms with Gasteiger partial charge in [0.1, 0.15) is 4.60 Å². The Hall–Kier alpha value is -0.870. The molecule has 2 rings (SSSR count). The molecule has 1 aromatic carbocycles. The molecule has 4 heteroatoms. The lowest BCUT2D eigenvalue weighted by molar-refractivity contribution is 0.580. The molecule has 0 radical (unpaired) electrons. The van der Waals surface area contributed by atoms with Crippen LogP contribution in [0.3, 0.4) is 0 Å². The van der Waals surface area contributed by atoms with Gasteiger partial charge in [-0.25, -0.2) is 0 Å². The summed E-state index contributed by atoms with van der Waals surface area (Å²) in [6, 6.07) is 6.24. The third-order valence-corrected chi connectivity index (χ3v) is 3.32. The second-order valence-electron chi connectivity index (χ2n) is 3.59. The Labute approximate surface area is 97.6 Å². The van der Waals surface area contributed by atoms with Crippen molar-refractivity contribution >= 4 is 26.8 Å². The highest BCUT2D eigenvalue weighted by atomic mass is 79.9. The molecule has 1 aromatic heterocycles. The van der Waals surface area contributed by atoms with E-state index in [1.54, 1.807) is 0 Å². The lowest BCUT2D eigenvalue weighted by Crippen LogP contribution is -2.15. The van der Waals surface area contributed by atoms with E-state index in [4.69, 9.17) is 0 Å². The van der Waals surface area contributed by atoms with Gasteiger partial charge in [-0.15, -0.1) is 0 Å². The van der Waals surface area contributed by atoms with E-state index < -0.39 is 0 Å². The molecule has 1 N–H and O–H groups in total. The van der Waals surface area contributed by atoms with Crippen molar-refractivity contribution in [3.8, 4) is 0 Å². The minimum atomic E-state index is 0.880. The molecule has 0 atom stereocenters. The van der Waals surface area contributed by atoms with Crippen LogP contribution in [0, 0.1) is 6.92 Å². The van der Waals surface area contributed by atoms with Crippen molar-refractivity contribution in [3.05, 3.63) is 28.4 Å². The third-order valence-electron chi connectivity index (χ3n) is 2.48. The van der Waals surface area contributed by atoms with Crippen LogP contribution in [-0.4, -0.2) is 23.4 Å². The standard InChI is InChI=1S/C11H14BrN3/c1-8-4-3-5-9-10(8)14-15(11(9)12)7-6-13-2/h3-5,13H,6-7H2,1-2H3. The third kappa shape index (κ3) is 1.92. The molecule has 0 amide bonds. The number of aromatic nitrogens is 2.